The lowest BCUT2D eigenvalue weighted by atomic mass is 9.97. The summed E-state index contributed by atoms with van der Waals surface area (Å²) in [7, 11) is 0. The van der Waals surface area contributed by atoms with Crippen LogP contribution in [0.4, 0.5) is 4.79 Å². The average molecular weight is 448 g/mol. The molecule has 8 N–H and O–H groups in total. The summed E-state index contributed by atoms with van der Waals surface area (Å²) in [5, 5.41) is 13.6. The molecule has 2 aliphatic heterocycles. The molecule has 10 heteroatoms. The van der Waals surface area contributed by atoms with Gasteiger partial charge in [-0.3, -0.25) is 10.4 Å². The van der Waals surface area contributed by atoms with E-state index in [1.807, 2.05) is 26.2 Å². The molecule has 0 unspecified atom stereocenters. The zero-order valence-corrected chi connectivity index (χ0v) is 19.2. The molecule has 0 saturated carbocycles. The van der Waals surface area contributed by atoms with Crippen LogP contribution in [0.15, 0.2) is 50.7 Å². The molecule has 1 amide bonds. The molecule has 2 rings (SSSR count). The molecule has 0 bridgehead atoms. The SMILES string of the molecule is CC(C)(C)OC(=O)N1CCC(CN=CC(=CN)C(=CC(N)=C2NC=CS2)C(=N)N)CC1. The molecule has 2 aliphatic rings. The number of allylic oxidation sites excluding steroid dienone is 1. The summed E-state index contributed by atoms with van der Waals surface area (Å²) in [4.78, 5) is 18.4. The summed E-state index contributed by atoms with van der Waals surface area (Å²) < 4.78 is 5.43. The smallest absolute Gasteiger partial charge is 0.410 e. The van der Waals surface area contributed by atoms with E-state index in [4.69, 9.17) is 27.3 Å². The number of aliphatic imine (C=N–C) groups is 1. The number of carbonyl (C=O) groups is 1. The Bertz CT molecular complexity index is 819. The van der Waals surface area contributed by atoms with E-state index in [2.05, 4.69) is 10.3 Å². The van der Waals surface area contributed by atoms with Crippen molar-refractivity contribution in [3.63, 3.8) is 0 Å². The standard InChI is InChI=1S/C21H33N7O2S/c1-21(2,3)30-20(29)28-7-4-14(5-8-28)12-26-13-15(11-22)16(18(24)25)10-17(23)19-27-6-9-31-19/h6,9-11,13-14,27H,4-5,7-8,12,22-23H2,1-3H3,(H3,24,25). The number of piperidine rings is 1. The van der Waals surface area contributed by atoms with Gasteiger partial charge in [0.15, 0.2) is 0 Å². The monoisotopic (exact) mass is 447 g/mol. The highest BCUT2D eigenvalue weighted by Gasteiger charge is 2.26. The van der Waals surface area contributed by atoms with E-state index in [9.17, 15) is 4.79 Å². The Balaban J connectivity index is 1.94. The Hall–Kier alpha value is -2.88. The molecule has 31 heavy (non-hydrogen) atoms. The van der Waals surface area contributed by atoms with Crippen LogP contribution in [-0.4, -0.2) is 48.3 Å². The second kappa shape index (κ2) is 10.9. The number of likely N-dealkylation sites (tertiary alicyclic amines) is 1. The lowest BCUT2D eigenvalue weighted by Gasteiger charge is -2.32. The van der Waals surface area contributed by atoms with E-state index >= 15 is 0 Å². The van der Waals surface area contributed by atoms with Gasteiger partial charge >= 0.3 is 6.09 Å². The number of nitrogens with one attached hydrogen (secondary N) is 2. The van der Waals surface area contributed by atoms with E-state index in [0.717, 1.165) is 17.9 Å². The molecule has 0 aliphatic carbocycles. The van der Waals surface area contributed by atoms with Gasteiger partial charge in [0.1, 0.15) is 11.4 Å². The maximum absolute atomic E-state index is 12.2. The third kappa shape index (κ3) is 7.71. The van der Waals surface area contributed by atoms with Crippen molar-refractivity contribution in [3.8, 4) is 0 Å². The number of nitrogens with two attached hydrogens (primary N) is 3. The Morgan fingerprint density at radius 3 is 2.58 bits per heavy atom. The van der Waals surface area contributed by atoms with E-state index in [-0.39, 0.29) is 11.9 Å². The predicted octanol–water partition coefficient (Wildman–Crippen LogP) is 2.34. The first kappa shape index (κ1) is 24.4. The molecule has 1 saturated heterocycles. The normalized spacial score (nSPS) is 20.2. The van der Waals surface area contributed by atoms with Gasteiger partial charge in [-0.2, -0.15) is 0 Å². The minimum Gasteiger partial charge on any atom is -0.444 e. The average Bonchev–Trinajstić information content (AvgIpc) is 3.23. The third-order valence-corrected chi connectivity index (χ3v) is 5.53. The van der Waals surface area contributed by atoms with Gasteiger partial charge < -0.3 is 32.2 Å². The van der Waals surface area contributed by atoms with Crippen molar-refractivity contribution in [1.29, 1.82) is 5.41 Å². The quantitative estimate of drug-likeness (QED) is 0.238. The van der Waals surface area contributed by atoms with E-state index in [1.54, 1.807) is 23.4 Å². The van der Waals surface area contributed by atoms with Crippen molar-refractivity contribution in [2.24, 2.45) is 28.1 Å². The number of hydrogen-bond acceptors (Lipinski definition) is 8. The van der Waals surface area contributed by atoms with Crippen molar-refractivity contribution in [1.82, 2.24) is 10.2 Å². The van der Waals surface area contributed by atoms with Gasteiger partial charge in [-0.1, -0.05) is 11.8 Å². The molecule has 0 spiro atoms. The lowest BCUT2D eigenvalue weighted by Crippen LogP contribution is -2.42. The largest absolute Gasteiger partial charge is 0.444 e. The van der Waals surface area contributed by atoms with Crippen molar-refractivity contribution in [3.05, 3.63) is 45.8 Å². The maximum atomic E-state index is 12.2. The molecular formula is C21H33N7O2S. The second-order valence-electron chi connectivity index (χ2n) is 8.35. The Morgan fingerprint density at radius 1 is 1.39 bits per heavy atom. The number of ether oxygens (including phenoxy) is 1. The Kier molecular flexibility index (Phi) is 8.61. The molecular weight excluding hydrogens is 414 g/mol. The van der Waals surface area contributed by atoms with Crippen molar-refractivity contribution in [2.75, 3.05) is 19.6 Å². The summed E-state index contributed by atoms with van der Waals surface area (Å²) >= 11 is 1.45. The number of carbonyl (C=O) groups excluding carboxylic acids is 1. The molecule has 0 atom stereocenters. The van der Waals surface area contributed by atoms with Crippen LogP contribution >= 0.6 is 11.8 Å². The molecule has 0 aromatic rings. The van der Waals surface area contributed by atoms with Crippen LogP contribution in [0.3, 0.4) is 0 Å². The topological polar surface area (TPSA) is 156 Å². The zero-order chi connectivity index (χ0) is 23.0. The first-order chi connectivity index (χ1) is 14.6. The first-order valence-electron chi connectivity index (χ1n) is 10.1. The number of nitrogens with zero attached hydrogens (tertiary/aromatic N) is 2. The number of amides is 1. The molecule has 2 heterocycles. The fraction of sp³-hybridized carbons (Fsp3) is 0.476. The van der Waals surface area contributed by atoms with Crippen molar-refractivity contribution in [2.45, 2.75) is 39.2 Å². The zero-order valence-electron chi connectivity index (χ0n) is 18.4. The second-order valence-corrected chi connectivity index (χ2v) is 9.26. The number of rotatable bonds is 6. The Morgan fingerprint density at radius 2 is 2.06 bits per heavy atom. The van der Waals surface area contributed by atoms with Gasteiger partial charge in [0, 0.05) is 49.4 Å². The predicted molar refractivity (Wildman–Crippen MR) is 127 cm³/mol. The third-order valence-electron chi connectivity index (χ3n) is 4.67. The van der Waals surface area contributed by atoms with Crippen LogP contribution in [0, 0.1) is 11.3 Å². The molecule has 1 fully saturated rings. The Labute approximate surface area is 188 Å². The van der Waals surface area contributed by atoms with Crippen LogP contribution in [0.25, 0.3) is 0 Å². The summed E-state index contributed by atoms with van der Waals surface area (Å²) in [5.41, 5.74) is 18.5. The lowest BCUT2D eigenvalue weighted by molar-refractivity contribution is 0.0187. The van der Waals surface area contributed by atoms with Gasteiger partial charge in [-0.25, -0.2) is 4.79 Å². The van der Waals surface area contributed by atoms with Gasteiger partial charge in [0.2, 0.25) is 0 Å². The maximum Gasteiger partial charge on any atom is 0.410 e. The van der Waals surface area contributed by atoms with E-state index in [0.29, 0.717) is 42.4 Å². The summed E-state index contributed by atoms with van der Waals surface area (Å²) in [6.07, 6.45) is 7.82. The fourth-order valence-corrected chi connectivity index (χ4v) is 3.67. The highest BCUT2D eigenvalue weighted by atomic mass is 32.2. The van der Waals surface area contributed by atoms with Crippen molar-refractivity contribution >= 4 is 29.9 Å². The summed E-state index contributed by atoms with van der Waals surface area (Å²) in [5.74, 6) is 0.212. The number of hydrogen-bond donors (Lipinski definition) is 5. The van der Waals surface area contributed by atoms with Crippen LogP contribution in [0.5, 0.6) is 0 Å². The minimum absolute atomic E-state index is 0.145. The van der Waals surface area contributed by atoms with Crippen molar-refractivity contribution < 1.29 is 9.53 Å². The van der Waals surface area contributed by atoms with Gasteiger partial charge in [0.25, 0.3) is 0 Å². The molecule has 0 aromatic heterocycles. The van der Waals surface area contributed by atoms with E-state index < -0.39 is 5.60 Å². The van der Waals surface area contributed by atoms with Crippen LogP contribution in [0.1, 0.15) is 33.6 Å². The molecule has 0 radical (unpaired) electrons. The van der Waals surface area contributed by atoms with Gasteiger partial charge in [-0.15, -0.1) is 0 Å². The number of thioether (sulfide) groups is 1. The first-order valence-corrected chi connectivity index (χ1v) is 11.0. The van der Waals surface area contributed by atoms with Crippen LogP contribution in [-0.2, 0) is 4.74 Å². The summed E-state index contributed by atoms with van der Waals surface area (Å²) in [6.45, 7) is 7.49. The number of amidine groups is 1. The highest BCUT2D eigenvalue weighted by Crippen LogP contribution is 2.23. The fourth-order valence-electron chi connectivity index (χ4n) is 3.06. The molecule has 170 valence electrons. The molecule has 9 nitrogen and oxygen atoms in total. The highest BCUT2D eigenvalue weighted by molar-refractivity contribution is 8.06. The van der Waals surface area contributed by atoms with Gasteiger partial charge in [0.05, 0.1) is 10.7 Å². The van der Waals surface area contributed by atoms with E-state index in [1.165, 1.54) is 18.0 Å². The summed E-state index contributed by atoms with van der Waals surface area (Å²) in [6, 6.07) is 0. The molecule has 0 aromatic carbocycles. The van der Waals surface area contributed by atoms with Crippen LogP contribution < -0.4 is 22.5 Å². The van der Waals surface area contributed by atoms with Crippen LogP contribution in [0.2, 0.25) is 0 Å². The minimum atomic E-state index is -0.493. The van der Waals surface area contributed by atoms with Gasteiger partial charge in [-0.05, 0) is 51.0 Å².